The largest absolute Gasteiger partial charge is 0.350 e. The van der Waals surface area contributed by atoms with Crippen LogP contribution in [0.5, 0.6) is 0 Å². The van der Waals surface area contributed by atoms with E-state index in [1.54, 1.807) is 23.7 Å². The molecule has 0 radical (unpaired) electrons. The van der Waals surface area contributed by atoms with Crippen molar-refractivity contribution in [2.75, 3.05) is 6.54 Å². The second kappa shape index (κ2) is 5.88. The Morgan fingerprint density at radius 1 is 1.52 bits per heavy atom. The zero-order valence-corrected chi connectivity index (χ0v) is 12.2. The van der Waals surface area contributed by atoms with Gasteiger partial charge in [0.25, 0.3) is 5.91 Å². The van der Waals surface area contributed by atoms with Gasteiger partial charge >= 0.3 is 0 Å². The van der Waals surface area contributed by atoms with Crippen LogP contribution in [0, 0.1) is 0 Å². The molecule has 21 heavy (non-hydrogen) atoms. The van der Waals surface area contributed by atoms with Crippen molar-refractivity contribution in [3.8, 4) is 10.6 Å². The lowest BCUT2D eigenvalue weighted by Gasteiger charge is -2.02. The van der Waals surface area contributed by atoms with E-state index in [2.05, 4.69) is 25.7 Å². The molecular formula is C13H14N6OS. The molecule has 3 aromatic rings. The summed E-state index contributed by atoms with van der Waals surface area (Å²) in [4.78, 5) is 13.1. The van der Waals surface area contributed by atoms with Crippen LogP contribution in [0.2, 0.25) is 0 Å². The topological polar surface area (TPSA) is 88.5 Å². The van der Waals surface area contributed by atoms with E-state index < -0.39 is 0 Å². The molecule has 0 spiro atoms. The molecule has 0 unspecified atom stereocenters. The van der Waals surface area contributed by atoms with E-state index in [4.69, 9.17) is 0 Å². The number of H-pyrrole nitrogens is 1. The first kappa shape index (κ1) is 13.5. The highest BCUT2D eigenvalue weighted by molar-refractivity contribution is 7.13. The van der Waals surface area contributed by atoms with Gasteiger partial charge < -0.3 is 9.88 Å². The molecule has 3 aromatic heterocycles. The van der Waals surface area contributed by atoms with E-state index in [1.165, 1.54) is 0 Å². The lowest BCUT2D eigenvalue weighted by Crippen LogP contribution is -2.26. The van der Waals surface area contributed by atoms with Crippen LogP contribution >= 0.6 is 11.3 Å². The van der Waals surface area contributed by atoms with Gasteiger partial charge in [-0.15, -0.1) is 21.5 Å². The zero-order valence-electron chi connectivity index (χ0n) is 11.4. The fraction of sp³-hybridized carbons (Fsp3) is 0.231. The van der Waals surface area contributed by atoms with Crippen molar-refractivity contribution >= 4 is 17.2 Å². The van der Waals surface area contributed by atoms with Crippen LogP contribution in [0.15, 0.2) is 29.9 Å². The molecule has 0 atom stereocenters. The molecule has 2 N–H and O–H groups in total. The molecule has 0 aliphatic carbocycles. The molecule has 0 bridgehead atoms. The molecule has 0 fully saturated rings. The molecule has 3 heterocycles. The molecule has 108 valence electrons. The van der Waals surface area contributed by atoms with Gasteiger partial charge in [-0.25, -0.2) is 0 Å². The normalized spacial score (nSPS) is 10.7. The fourth-order valence-corrected chi connectivity index (χ4v) is 2.60. The number of hydrogen-bond donors (Lipinski definition) is 2. The Morgan fingerprint density at radius 2 is 2.43 bits per heavy atom. The predicted octanol–water partition coefficient (Wildman–Crippen LogP) is 1.24. The van der Waals surface area contributed by atoms with E-state index in [1.807, 2.05) is 29.1 Å². The van der Waals surface area contributed by atoms with E-state index in [-0.39, 0.29) is 5.91 Å². The van der Waals surface area contributed by atoms with Crippen molar-refractivity contribution < 1.29 is 4.79 Å². The molecule has 0 aliphatic rings. The molecule has 1 amide bonds. The van der Waals surface area contributed by atoms with Crippen molar-refractivity contribution in [1.29, 1.82) is 0 Å². The first-order valence-electron chi connectivity index (χ1n) is 6.44. The third-order valence-corrected chi connectivity index (χ3v) is 3.94. The van der Waals surface area contributed by atoms with Gasteiger partial charge in [0.2, 0.25) is 0 Å². The smallest absolute Gasteiger partial charge is 0.271 e. The lowest BCUT2D eigenvalue weighted by molar-refractivity contribution is 0.0949. The summed E-state index contributed by atoms with van der Waals surface area (Å²) in [6, 6.07) is 5.69. The molecule has 7 nitrogen and oxygen atoms in total. The molecule has 0 saturated heterocycles. The summed E-state index contributed by atoms with van der Waals surface area (Å²) in [5, 5.41) is 19.5. The van der Waals surface area contributed by atoms with Crippen LogP contribution in [0.4, 0.5) is 0 Å². The number of aromatic nitrogens is 5. The molecule has 8 heteroatoms. The van der Waals surface area contributed by atoms with E-state index in [9.17, 15) is 4.79 Å². The van der Waals surface area contributed by atoms with E-state index in [0.717, 1.165) is 16.4 Å². The number of nitrogens with one attached hydrogen (secondary N) is 2. The Morgan fingerprint density at radius 3 is 3.14 bits per heavy atom. The van der Waals surface area contributed by atoms with Gasteiger partial charge in [0.05, 0.1) is 10.6 Å². The summed E-state index contributed by atoms with van der Waals surface area (Å²) in [5.74, 6) is 0.632. The van der Waals surface area contributed by atoms with Crippen molar-refractivity contribution in [2.45, 2.75) is 6.42 Å². The summed E-state index contributed by atoms with van der Waals surface area (Å²) in [5.41, 5.74) is 1.24. The predicted molar refractivity (Wildman–Crippen MR) is 78.9 cm³/mol. The highest BCUT2D eigenvalue weighted by Crippen LogP contribution is 2.22. The van der Waals surface area contributed by atoms with Gasteiger partial charge in [0.1, 0.15) is 12.2 Å². The Balaban J connectivity index is 1.57. The number of aryl methyl sites for hydroxylation is 1. The number of thiophene rings is 1. The second-order valence-corrected chi connectivity index (χ2v) is 5.46. The Hall–Kier alpha value is -2.48. The third-order valence-electron chi connectivity index (χ3n) is 3.04. The van der Waals surface area contributed by atoms with Gasteiger partial charge in [0.15, 0.2) is 5.69 Å². The summed E-state index contributed by atoms with van der Waals surface area (Å²) >= 11 is 1.60. The summed E-state index contributed by atoms with van der Waals surface area (Å²) in [6.07, 6.45) is 2.27. The molecular weight excluding hydrogens is 288 g/mol. The van der Waals surface area contributed by atoms with Crippen LogP contribution in [0.25, 0.3) is 10.6 Å². The maximum atomic E-state index is 12.0. The van der Waals surface area contributed by atoms with E-state index >= 15 is 0 Å². The van der Waals surface area contributed by atoms with Crippen molar-refractivity contribution in [2.24, 2.45) is 7.05 Å². The monoisotopic (exact) mass is 302 g/mol. The van der Waals surface area contributed by atoms with Gasteiger partial charge in [-0.2, -0.15) is 5.10 Å². The van der Waals surface area contributed by atoms with Crippen molar-refractivity contribution in [3.63, 3.8) is 0 Å². The van der Waals surface area contributed by atoms with Crippen molar-refractivity contribution in [1.82, 2.24) is 30.3 Å². The Kier molecular flexibility index (Phi) is 3.78. The van der Waals surface area contributed by atoms with E-state index in [0.29, 0.717) is 18.7 Å². The average Bonchev–Trinajstić information content (AvgIpc) is 3.19. The van der Waals surface area contributed by atoms with Crippen LogP contribution in [-0.2, 0) is 13.5 Å². The number of amides is 1. The Labute approximate surface area is 125 Å². The van der Waals surface area contributed by atoms with Crippen LogP contribution in [0.3, 0.4) is 0 Å². The van der Waals surface area contributed by atoms with Crippen LogP contribution < -0.4 is 5.32 Å². The fourth-order valence-electron chi connectivity index (χ4n) is 1.91. The average molecular weight is 302 g/mol. The molecule has 3 rings (SSSR count). The zero-order chi connectivity index (χ0) is 14.7. The van der Waals surface area contributed by atoms with Crippen LogP contribution in [0.1, 0.15) is 16.3 Å². The lowest BCUT2D eigenvalue weighted by atomic mass is 10.3. The minimum Gasteiger partial charge on any atom is -0.350 e. The third kappa shape index (κ3) is 3.00. The van der Waals surface area contributed by atoms with Crippen molar-refractivity contribution in [3.05, 3.63) is 41.4 Å². The van der Waals surface area contributed by atoms with Gasteiger partial charge in [-0.3, -0.25) is 9.89 Å². The molecule has 0 aliphatic heterocycles. The first-order chi connectivity index (χ1) is 10.2. The van der Waals surface area contributed by atoms with Gasteiger partial charge in [-0.1, -0.05) is 6.07 Å². The highest BCUT2D eigenvalue weighted by atomic mass is 32.1. The number of carbonyl (C=O) groups is 1. The highest BCUT2D eigenvalue weighted by Gasteiger charge is 2.11. The quantitative estimate of drug-likeness (QED) is 0.742. The first-order valence-corrected chi connectivity index (χ1v) is 7.32. The minimum absolute atomic E-state index is 0.198. The maximum absolute atomic E-state index is 12.0. The standard InChI is InChI=1S/C13H14N6OS/c1-19-8-15-18-12(19)4-5-14-13(20)10-7-9(16-17-10)11-3-2-6-21-11/h2-3,6-8H,4-5H2,1H3,(H,14,20)(H,16,17). The Bertz CT molecular complexity index is 730. The number of rotatable bonds is 5. The van der Waals surface area contributed by atoms with Gasteiger partial charge in [-0.05, 0) is 17.5 Å². The van der Waals surface area contributed by atoms with Crippen LogP contribution in [-0.4, -0.2) is 37.4 Å². The maximum Gasteiger partial charge on any atom is 0.271 e. The summed E-state index contributed by atoms with van der Waals surface area (Å²) in [7, 11) is 1.87. The number of nitrogens with zero attached hydrogens (tertiary/aromatic N) is 4. The number of aromatic amines is 1. The second-order valence-electron chi connectivity index (χ2n) is 4.51. The molecule has 0 saturated carbocycles. The summed E-state index contributed by atoms with van der Waals surface area (Å²) in [6.45, 7) is 0.493. The SMILES string of the molecule is Cn1cnnc1CCNC(=O)c1cc(-c2cccs2)[nH]n1. The van der Waals surface area contributed by atoms with Gasteiger partial charge in [0, 0.05) is 20.0 Å². The number of carbonyl (C=O) groups excluding carboxylic acids is 1. The summed E-state index contributed by atoms with van der Waals surface area (Å²) < 4.78 is 1.83. The number of hydrogen-bond acceptors (Lipinski definition) is 5. The molecule has 0 aromatic carbocycles. The minimum atomic E-state index is -0.198.